The summed E-state index contributed by atoms with van der Waals surface area (Å²) >= 11 is 0. The van der Waals surface area contributed by atoms with Gasteiger partial charge >= 0.3 is 6.03 Å². The Kier molecular flexibility index (Phi) is 5.04. The van der Waals surface area contributed by atoms with Crippen molar-refractivity contribution in [3.8, 4) is 0 Å². The minimum atomic E-state index is -0.354. The van der Waals surface area contributed by atoms with Crippen LogP contribution in [0.25, 0.3) is 0 Å². The molecule has 1 spiro atoms. The summed E-state index contributed by atoms with van der Waals surface area (Å²) in [5.41, 5.74) is 0.786. The van der Waals surface area contributed by atoms with Gasteiger partial charge < -0.3 is 19.4 Å². The number of urea groups is 1. The van der Waals surface area contributed by atoms with Crippen molar-refractivity contribution < 1.29 is 18.7 Å². The van der Waals surface area contributed by atoms with Gasteiger partial charge in [0.1, 0.15) is 5.82 Å². The van der Waals surface area contributed by atoms with Gasteiger partial charge in [0.25, 0.3) is 5.91 Å². The van der Waals surface area contributed by atoms with E-state index in [9.17, 15) is 14.0 Å². The molecule has 28 heavy (non-hydrogen) atoms. The quantitative estimate of drug-likeness (QED) is 0.781. The van der Waals surface area contributed by atoms with Crippen molar-refractivity contribution in [1.29, 1.82) is 0 Å². The normalized spacial score (nSPS) is 23.0. The van der Waals surface area contributed by atoms with Crippen LogP contribution in [0.1, 0.15) is 41.6 Å². The van der Waals surface area contributed by atoms with Crippen molar-refractivity contribution in [3.63, 3.8) is 0 Å². The van der Waals surface area contributed by atoms with Crippen molar-refractivity contribution in [1.82, 2.24) is 14.7 Å². The van der Waals surface area contributed by atoms with Crippen LogP contribution in [0.5, 0.6) is 0 Å². The lowest BCUT2D eigenvalue weighted by atomic mass is 9.86. The molecule has 0 radical (unpaired) electrons. The number of likely N-dealkylation sites (N-methyl/N-ethyl adjacent to an activating group) is 1. The first kappa shape index (κ1) is 19.2. The Bertz CT molecular complexity index is 770. The first-order valence-electron chi connectivity index (χ1n) is 10.1. The van der Waals surface area contributed by atoms with Crippen LogP contribution in [-0.4, -0.2) is 78.1 Å². The van der Waals surface area contributed by atoms with Crippen molar-refractivity contribution in [2.24, 2.45) is 0 Å². The number of hydrogen-bond acceptors (Lipinski definition) is 3. The number of carbonyl (C=O) groups excluding carboxylic acids is 2. The number of halogens is 1. The second-order valence-corrected chi connectivity index (χ2v) is 8.33. The summed E-state index contributed by atoms with van der Waals surface area (Å²) in [6.07, 6.45) is 3.24. The maximum atomic E-state index is 13.8. The predicted molar refractivity (Wildman–Crippen MR) is 103 cm³/mol. The van der Waals surface area contributed by atoms with Gasteiger partial charge in [0.2, 0.25) is 0 Å². The molecule has 7 heteroatoms. The van der Waals surface area contributed by atoms with E-state index < -0.39 is 0 Å². The minimum Gasteiger partial charge on any atom is -0.381 e. The molecular formula is C21H28FN3O3. The molecule has 152 valence electrons. The van der Waals surface area contributed by atoms with E-state index in [1.165, 1.54) is 6.07 Å². The highest BCUT2D eigenvalue weighted by molar-refractivity contribution is 5.94. The standard InChI is InChI=1S/C21H28FN3O3/c1-15-3-4-16(13-18(15)22)19(26)24-9-5-17(6-10-24)25-20(27)23(2)14-21(25)7-11-28-12-8-21/h3-4,13,17H,5-12,14H2,1-2H3. The van der Waals surface area contributed by atoms with E-state index in [1.54, 1.807) is 24.0 Å². The topological polar surface area (TPSA) is 53.1 Å². The summed E-state index contributed by atoms with van der Waals surface area (Å²) < 4.78 is 19.4. The maximum absolute atomic E-state index is 13.8. The molecule has 0 N–H and O–H groups in total. The number of nitrogens with zero attached hydrogens (tertiary/aromatic N) is 3. The molecule has 0 aromatic heterocycles. The Balaban J connectivity index is 1.45. The summed E-state index contributed by atoms with van der Waals surface area (Å²) in [6, 6.07) is 4.87. The summed E-state index contributed by atoms with van der Waals surface area (Å²) in [4.78, 5) is 31.3. The van der Waals surface area contributed by atoms with E-state index in [0.29, 0.717) is 37.4 Å². The van der Waals surface area contributed by atoms with E-state index in [4.69, 9.17) is 4.74 Å². The van der Waals surface area contributed by atoms with E-state index in [2.05, 4.69) is 4.90 Å². The Morgan fingerprint density at radius 3 is 2.54 bits per heavy atom. The second kappa shape index (κ2) is 7.35. The van der Waals surface area contributed by atoms with Crippen LogP contribution in [0.15, 0.2) is 18.2 Å². The lowest BCUT2D eigenvalue weighted by molar-refractivity contribution is -0.0151. The molecule has 0 bridgehead atoms. The molecule has 1 aromatic rings. The molecule has 3 saturated heterocycles. The zero-order valence-corrected chi connectivity index (χ0v) is 16.6. The van der Waals surface area contributed by atoms with Crippen molar-refractivity contribution in [2.45, 2.75) is 44.2 Å². The van der Waals surface area contributed by atoms with Gasteiger partial charge in [0, 0.05) is 51.5 Å². The fourth-order valence-corrected chi connectivity index (χ4v) is 4.90. The van der Waals surface area contributed by atoms with Gasteiger partial charge in [-0.3, -0.25) is 4.79 Å². The molecule has 4 rings (SSSR count). The zero-order chi connectivity index (χ0) is 19.9. The van der Waals surface area contributed by atoms with Crippen LogP contribution in [0.3, 0.4) is 0 Å². The van der Waals surface area contributed by atoms with E-state index >= 15 is 0 Å². The van der Waals surface area contributed by atoms with Crippen molar-refractivity contribution in [2.75, 3.05) is 39.9 Å². The SMILES string of the molecule is Cc1ccc(C(=O)N2CCC(N3C(=O)N(C)CC34CCOCC4)CC2)cc1F. The predicted octanol–water partition coefficient (Wildman–Crippen LogP) is 2.66. The van der Waals surface area contributed by atoms with Gasteiger partial charge in [-0.1, -0.05) is 6.07 Å². The van der Waals surface area contributed by atoms with Gasteiger partial charge in [-0.05, 0) is 50.3 Å². The number of carbonyl (C=O) groups is 2. The van der Waals surface area contributed by atoms with Gasteiger partial charge in [0.15, 0.2) is 0 Å². The number of ether oxygens (including phenoxy) is 1. The van der Waals surface area contributed by atoms with Gasteiger partial charge in [0.05, 0.1) is 5.54 Å². The van der Waals surface area contributed by atoms with Gasteiger partial charge in [-0.25, -0.2) is 9.18 Å². The maximum Gasteiger partial charge on any atom is 0.320 e. The van der Waals surface area contributed by atoms with Crippen LogP contribution in [0, 0.1) is 12.7 Å². The van der Waals surface area contributed by atoms with E-state index in [-0.39, 0.29) is 29.3 Å². The average molecular weight is 389 g/mol. The summed E-state index contributed by atoms with van der Waals surface area (Å²) in [5.74, 6) is -0.490. The number of rotatable bonds is 2. The molecule has 3 aliphatic heterocycles. The molecule has 1 aromatic carbocycles. The number of benzene rings is 1. The molecule has 3 fully saturated rings. The van der Waals surface area contributed by atoms with Crippen LogP contribution in [0.4, 0.5) is 9.18 Å². The second-order valence-electron chi connectivity index (χ2n) is 8.33. The first-order valence-corrected chi connectivity index (χ1v) is 10.1. The molecule has 0 saturated carbocycles. The number of aryl methyl sites for hydroxylation is 1. The monoisotopic (exact) mass is 389 g/mol. The molecular weight excluding hydrogens is 361 g/mol. The Morgan fingerprint density at radius 2 is 1.89 bits per heavy atom. The third kappa shape index (κ3) is 3.26. The summed E-state index contributed by atoms with van der Waals surface area (Å²) in [5, 5.41) is 0. The molecule has 0 atom stereocenters. The van der Waals surface area contributed by atoms with Gasteiger partial charge in [-0.2, -0.15) is 0 Å². The lowest BCUT2D eigenvalue weighted by Crippen LogP contribution is -2.57. The third-order valence-electron chi connectivity index (χ3n) is 6.53. The largest absolute Gasteiger partial charge is 0.381 e. The summed E-state index contributed by atoms with van der Waals surface area (Å²) in [6.45, 7) is 4.97. The Morgan fingerprint density at radius 1 is 1.21 bits per heavy atom. The van der Waals surface area contributed by atoms with Crippen molar-refractivity contribution in [3.05, 3.63) is 35.1 Å². The number of hydrogen-bond donors (Lipinski definition) is 0. The van der Waals surface area contributed by atoms with Crippen molar-refractivity contribution >= 4 is 11.9 Å². The molecule has 3 amide bonds. The highest BCUT2D eigenvalue weighted by atomic mass is 19.1. The van der Waals surface area contributed by atoms with E-state index in [1.807, 2.05) is 11.9 Å². The summed E-state index contributed by atoms with van der Waals surface area (Å²) in [7, 11) is 1.87. The molecule has 0 aliphatic carbocycles. The minimum absolute atomic E-state index is 0.0901. The van der Waals surface area contributed by atoms with Crippen LogP contribution >= 0.6 is 0 Å². The average Bonchev–Trinajstić information content (AvgIpc) is 2.93. The first-order chi connectivity index (χ1) is 13.4. The fourth-order valence-electron chi connectivity index (χ4n) is 4.90. The number of amides is 3. The molecule has 6 nitrogen and oxygen atoms in total. The van der Waals surface area contributed by atoms with Crippen LogP contribution in [-0.2, 0) is 4.74 Å². The lowest BCUT2D eigenvalue weighted by Gasteiger charge is -2.46. The van der Waals surface area contributed by atoms with Crippen LogP contribution < -0.4 is 0 Å². The molecule has 0 unspecified atom stereocenters. The molecule has 3 heterocycles. The molecule has 3 aliphatic rings. The number of piperidine rings is 1. The highest BCUT2D eigenvalue weighted by Gasteiger charge is 2.52. The van der Waals surface area contributed by atoms with Gasteiger partial charge in [-0.15, -0.1) is 0 Å². The smallest absolute Gasteiger partial charge is 0.320 e. The van der Waals surface area contributed by atoms with E-state index in [0.717, 1.165) is 32.2 Å². The zero-order valence-electron chi connectivity index (χ0n) is 16.6. The highest BCUT2D eigenvalue weighted by Crippen LogP contribution is 2.38. The Labute approximate surface area is 165 Å². The third-order valence-corrected chi connectivity index (χ3v) is 6.53. The number of likely N-dealkylation sites (tertiary alicyclic amines) is 1. The van der Waals surface area contributed by atoms with Crippen LogP contribution in [0.2, 0.25) is 0 Å². The Hall–Kier alpha value is -2.15. The fraction of sp³-hybridized carbons (Fsp3) is 0.619.